The van der Waals surface area contributed by atoms with Crippen molar-refractivity contribution in [2.24, 2.45) is 11.7 Å². The van der Waals surface area contributed by atoms with Crippen molar-refractivity contribution in [1.82, 2.24) is 0 Å². The van der Waals surface area contributed by atoms with Gasteiger partial charge in [-0.3, -0.25) is 0 Å². The van der Waals surface area contributed by atoms with Crippen molar-refractivity contribution in [2.45, 2.75) is 44.6 Å². The van der Waals surface area contributed by atoms with E-state index in [0.717, 1.165) is 0 Å². The second kappa shape index (κ2) is 4.11. The maximum absolute atomic E-state index is 13.7. The SMILES string of the molecule is CC(C)(N)CC(F)(F)C1CCOCC1. The van der Waals surface area contributed by atoms with Crippen molar-refractivity contribution < 1.29 is 13.5 Å². The minimum absolute atomic E-state index is 0.245. The highest BCUT2D eigenvalue weighted by Gasteiger charge is 2.43. The fraction of sp³-hybridized carbons (Fsp3) is 1.00. The normalized spacial score (nSPS) is 21.2. The first-order valence-electron chi connectivity index (χ1n) is 5.06. The molecule has 0 atom stereocenters. The van der Waals surface area contributed by atoms with Crippen molar-refractivity contribution in [2.75, 3.05) is 13.2 Å². The van der Waals surface area contributed by atoms with Gasteiger partial charge >= 0.3 is 0 Å². The van der Waals surface area contributed by atoms with Gasteiger partial charge < -0.3 is 10.5 Å². The summed E-state index contributed by atoms with van der Waals surface area (Å²) in [6, 6.07) is 0. The number of halogens is 2. The van der Waals surface area contributed by atoms with Gasteiger partial charge in [-0.15, -0.1) is 0 Å². The largest absolute Gasteiger partial charge is 0.381 e. The Morgan fingerprint density at radius 3 is 2.21 bits per heavy atom. The monoisotopic (exact) mass is 207 g/mol. The zero-order valence-corrected chi connectivity index (χ0v) is 8.85. The standard InChI is InChI=1S/C10H19F2NO/c1-9(2,13)7-10(11,12)8-3-5-14-6-4-8/h8H,3-7,13H2,1-2H3. The summed E-state index contributed by atoms with van der Waals surface area (Å²) in [5.74, 6) is -3.21. The Kier molecular flexibility index (Phi) is 3.48. The summed E-state index contributed by atoms with van der Waals surface area (Å²) in [6.45, 7) is 4.18. The smallest absolute Gasteiger partial charge is 0.252 e. The summed E-state index contributed by atoms with van der Waals surface area (Å²) >= 11 is 0. The van der Waals surface area contributed by atoms with Gasteiger partial charge in [-0.05, 0) is 26.7 Å². The predicted octanol–water partition coefficient (Wildman–Crippen LogP) is 2.18. The molecule has 0 aromatic rings. The lowest BCUT2D eigenvalue weighted by Crippen LogP contribution is -2.44. The van der Waals surface area contributed by atoms with E-state index in [4.69, 9.17) is 10.5 Å². The lowest BCUT2D eigenvalue weighted by molar-refractivity contribution is -0.110. The molecule has 0 aliphatic carbocycles. The van der Waals surface area contributed by atoms with Crippen LogP contribution in [0.3, 0.4) is 0 Å². The average molecular weight is 207 g/mol. The minimum atomic E-state index is -2.65. The van der Waals surface area contributed by atoms with E-state index in [1.54, 1.807) is 13.8 Å². The maximum atomic E-state index is 13.7. The van der Waals surface area contributed by atoms with E-state index in [-0.39, 0.29) is 6.42 Å². The van der Waals surface area contributed by atoms with Gasteiger partial charge in [-0.25, -0.2) is 8.78 Å². The van der Waals surface area contributed by atoms with Crippen LogP contribution < -0.4 is 5.73 Å². The van der Waals surface area contributed by atoms with Crippen molar-refractivity contribution in [3.05, 3.63) is 0 Å². The third kappa shape index (κ3) is 3.50. The highest BCUT2D eigenvalue weighted by atomic mass is 19.3. The molecule has 2 nitrogen and oxygen atoms in total. The van der Waals surface area contributed by atoms with E-state index in [0.29, 0.717) is 26.1 Å². The van der Waals surface area contributed by atoms with Crippen LogP contribution in [-0.2, 0) is 4.74 Å². The number of alkyl halides is 2. The van der Waals surface area contributed by atoms with E-state index in [2.05, 4.69) is 0 Å². The highest BCUT2D eigenvalue weighted by molar-refractivity contribution is 4.87. The molecular weight excluding hydrogens is 188 g/mol. The Labute approximate surface area is 83.8 Å². The number of hydrogen-bond donors (Lipinski definition) is 1. The molecule has 14 heavy (non-hydrogen) atoms. The van der Waals surface area contributed by atoms with Crippen molar-refractivity contribution in [3.63, 3.8) is 0 Å². The molecule has 1 heterocycles. The van der Waals surface area contributed by atoms with E-state index in [1.165, 1.54) is 0 Å². The maximum Gasteiger partial charge on any atom is 0.252 e. The zero-order chi connectivity index (χ0) is 10.8. The van der Waals surface area contributed by atoms with E-state index < -0.39 is 17.4 Å². The Morgan fingerprint density at radius 1 is 1.29 bits per heavy atom. The number of rotatable bonds is 3. The van der Waals surface area contributed by atoms with Crippen LogP contribution in [0.5, 0.6) is 0 Å². The molecule has 1 rings (SSSR count). The predicted molar refractivity (Wildman–Crippen MR) is 51.4 cm³/mol. The third-order valence-electron chi connectivity index (χ3n) is 2.51. The molecule has 2 N–H and O–H groups in total. The number of hydrogen-bond acceptors (Lipinski definition) is 2. The zero-order valence-electron chi connectivity index (χ0n) is 8.85. The van der Waals surface area contributed by atoms with Crippen LogP contribution in [0.1, 0.15) is 33.1 Å². The van der Waals surface area contributed by atoms with Crippen molar-refractivity contribution in [3.8, 4) is 0 Å². The molecule has 1 aliphatic rings. The molecule has 0 amide bonds. The first kappa shape index (κ1) is 11.9. The van der Waals surface area contributed by atoms with E-state index in [9.17, 15) is 8.78 Å². The van der Waals surface area contributed by atoms with Crippen LogP contribution in [0.2, 0.25) is 0 Å². The molecule has 0 unspecified atom stereocenters. The fourth-order valence-corrected chi connectivity index (χ4v) is 1.87. The van der Waals surface area contributed by atoms with Crippen LogP contribution in [-0.4, -0.2) is 24.7 Å². The molecule has 0 radical (unpaired) electrons. The first-order valence-corrected chi connectivity index (χ1v) is 5.06. The molecule has 1 fully saturated rings. The summed E-state index contributed by atoms with van der Waals surface area (Å²) < 4.78 is 32.4. The first-order chi connectivity index (χ1) is 6.31. The lowest BCUT2D eigenvalue weighted by Gasteiger charge is -2.34. The lowest BCUT2D eigenvalue weighted by atomic mass is 9.85. The van der Waals surface area contributed by atoms with E-state index in [1.807, 2.05) is 0 Å². The van der Waals surface area contributed by atoms with Gasteiger partial charge in [-0.1, -0.05) is 0 Å². The molecule has 84 valence electrons. The van der Waals surface area contributed by atoms with Gasteiger partial charge in [0.15, 0.2) is 0 Å². The third-order valence-corrected chi connectivity index (χ3v) is 2.51. The molecule has 0 bridgehead atoms. The Morgan fingerprint density at radius 2 is 1.79 bits per heavy atom. The van der Waals surface area contributed by atoms with Crippen LogP contribution in [0, 0.1) is 5.92 Å². The molecule has 1 aliphatic heterocycles. The van der Waals surface area contributed by atoms with Crippen LogP contribution >= 0.6 is 0 Å². The molecule has 4 heteroatoms. The van der Waals surface area contributed by atoms with Gasteiger partial charge in [0.2, 0.25) is 0 Å². The van der Waals surface area contributed by atoms with Crippen LogP contribution in [0.15, 0.2) is 0 Å². The van der Waals surface area contributed by atoms with Crippen LogP contribution in [0.25, 0.3) is 0 Å². The molecule has 0 spiro atoms. The Hall–Kier alpha value is -0.220. The molecule has 0 aromatic carbocycles. The van der Waals surface area contributed by atoms with Gasteiger partial charge in [0, 0.05) is 31.1 Å². The fourth-order valence-electron chi connectivity index (χ4n) is 1.87. The van der Waals surface area contributed by atoms with E-state index >= 15 is 0 Å². The summed E-state index contributed by atoms with van der Waals surface area (Å²) in [6.07, 6.45) is 0.650. The van der Waals surface area contributed by atoms with Crippen molar-refractivity contribution >= 4 is 0 Å². The Balaban J connectivity index is 2.54. The minimum Gasteiger partial charge on any atom is -0.381 e. The molecule has 0 aromatic heterocycles. The van der Waals surface area contributed by atoms with Crippen LogP contribution in [0.4, 0.5) is 8.78 Å². The summed E-state index contributed by atoms with van der Waals surface area (Å²) in [5.41, 5.74) is 4.81. The summed E-state index contributed by atoms with van der Waals surface area (Å²) in [5, 5.41) is 0. The second-order valence-corrected chi connectivity index (χ2v) is 4.81. The van der Waals surface area contributed by atoms with Gasteiger partial charge in [0.1, 0.15) is 0 Å². The molecule has 1 saturated heterocycles. The summed E-state index contributed by atoms with van der Waals surface area (Å²) in [4.78, 5) is 0. The quantitative estimate of drug-likeness (QED) is 0.769. The summed E-state index contributed by atoms with van der Waals surface area (Å²) in [7, 11) is 0. The number of nitrogens with two attached hydrogens (primary N) is 1. The van der Waals surface area contributed by atoms with Gasteiger partial charge in [0.25, 0.3) is 5.92 Å². The highest BCUT2D eigenvalue weighted by Crippen LogP contribution is 2.37. The van der Waals surface area contributed by atoms with Gasteiger partial charge in [0.05, 0.1) is 0 Å². The number of ether oxygens (including phenoxy) is 1. The Bertz CT molecular complexity index is 183. The van der Waals surface area contributed by atoms with Crippen molar-refractivity contribution in [1.29, 1.82) is 0 Å². The molecular formula is C10H19F2NO. The second-order valence-electron chi connectivity index (χ2n) is 4.81. The van der Waals surface area contributed by atoms with Gasteiger partial charge in [-0.2, -0.15) is 0 Å². The average Bonchev–Trinajstić information content (AvgIpc) is 2.01. The topological polar surface area (TPSA) is 35.2 Å². The molecule has 0 saturated carbocycles.